The van der Waals surface area contributed by atoms with E-state index in [1.165, 1.54) is 18.4 Å². The Hall–Kier alpha value is -1.10. The number of nitrogens with two attached hydrogens (primary N) is 1. The van der Waals surface area contributed by atoms with Gasteiger partial charge in [0.15, 0.2) is 0 Å². The lowest BCUT2D eigenvalue weighted by molar-refractivity contribution is -0.134. The molecule has 1 aliphatic carbocycles. The van der Waals surface area contributed by atoms with Crippen molar-refractivity contribution in [1.29, 1.82) is 0 Å². The van der Waals surface area contributed by atoms with Crippen LogP contribution in [0.5, 0.6) is 0 Å². The highest BCUT2D eigenvalue weighted by atomic mass is 35.5. The van der Waals surface area contributed by atoms with Crippen molar-refractivity contribution < 1.29 is 9.53 Å². The van der Waals surface area contributed by atoms with Gasteiger partial charge in [-0.2, -0.15) is 0 Å². The zero-order valence-electron chi connectivity index (χ0n) is 13.7. The van der Waals surface area contributed by atoms with Crippen molar-refractivity contribution in [2.75, 3.05) is 13.2 Å². The predicted molar refractivity (Wildman–Crippen MR) is 93.6 cm³/mol. The number of halogens is 1. The molecule has 5 heteroatoms. The summed E-state index contributed by atoms with van der Waals surface area (Å²) in [6, 6.07) is 8.39. The number of hydrogen-bond donors (Lipinski definition) is 2. The van der Waals surface area contributed by atoms with Gasteiger partial charge in [-0.25, -0.2) is 0 Å². The Balaban J connectivity index is 0.00000192. The Morgan fingerprint density at radius 1 is 1.30 bits per heavy atom. The van der Waals surface area contributed by atoms with E-state index in [2.05, 4.69) is 36.5 Å². The lowest BCUT2D eigenvalue weighted by atomic mass is 9.88. The Labute approximate surface area is 144 Å². The van der Waals surface area contributed by atoms with Crippen LogP contribution in [0, 0.1) is 18.8 Å². The third kappa shape index (κ3) is 4.69. The number of carbonyl (C=O) groups excluding carboxylic acids is 1. The second-order valence-electron chi connectivity index (χ2n) is 6.70. The van der Waals surface area contributed by atoms with E-state index >= 15 is 0 Å². The van der Waals surface area contributed by atoms with Crippen LogP contribution >= 0.6 is 12.4 Å². The van der Waals surface area contributed by atoms with E-state index in [0.717, 1.165) is 25.0 Å². The van der Waals surface area contributed by atoms with E-state index in [1.807, 2.05) is 0 Å². The minimum absolute atomic E-state index is 0. The number of carbonyl (C=O) groups is 1. The molecule has 3 rings (SSSR count). The molecule has 0 radical (unpaired) electrons. The van der Waals surface area contributed by atoms with Gasteiger partial charge in [0.25, 0.3) is 0 Å². The molecule has 1 aliphatic heterocycles. The third-order valence-electron chi connectivity index (χ3n) is 4.80. The van der Waals surface area contributed by atoms with E-state index < -0.39 is 0 Å². The molecule has 0 bridgehead atoms. The number of aryl methyl sites for hydroxylation is 1. The monoisotopic (exact) mass is 338 g/mol. The minimum atomic E-state index is -0.133. The molecule has 1 amide bonds. The first kappa shape index (κ1) is 18.2. The molecule has 3 unspecified atom stereocenters. The van der Waals surface area contributed by atoms with E-state index in [4.69, 9.17) is 10.5 Å². The normalized spacial score (nSPS) is 25.3. The lowest BCUT2D eigenvalue weighted by Gasteiger charge is -2.31. The second kappa shape index (κ2) is 8.13. The molecule has 3 atom stereocenters. The summed E-state index contributed by atoms with van der Waals surface area (Å²) in [6.45, 7) is 3.37. The Bertz CT molecular complexity index is 516. The van der Waals surface area contributed by atoms with Gasteiger partial charge in [-0.15, -0.1) is 12.4 Å². The van der Waals surface area contributed by atoms with Crippen molar-refractivity contribution >= 4 is 18.3 Å². The number of benzene rings is 1. The molecule has 0 spiro atoms. The summed E-state index contributed by atoms with van der Waals surface area (Å²) < 4.78 is 5.91. The highest BCUT2D eigenvalue weighted by Crippen LogP contribution is 2.34. The molecule has 2 fully saturated rings. The molecule has 23 heavy (non-hydrogen) atoms. The highest BCUT2D eigenvalue weighted by molar-refractivity contribution is 5.85. The largest absolute Gasteiger partial charge is 0.373 e. The van der Waals surface area contributed by atoms with Crippen molar-refractivity contribution in [3.63, 3.8) is 0 Å². The maximum atomic E-state index is 12.5. The molecular formula is C18H27ClN2O2. The Morgan fingerprint density at radius 2 is 2.00 bits per heavy atom. The maximum absolute atomic E-state index is 12.5. The standard InChI is InChI=1S/C18H26N2O2.ClH/c1-12-4-6-14(7-5-12)17-15(3-2-10-22-17)18(21)20-11-16(19)13-8-9-13;/h4-7,13,15-17H,2-3,8-11,19H2,1H3,(H,20,21);1H. The number of nitrogens with one attached hydrogen (secondary N) is 1. The van der Waals surface area contributed by atoms with Crippen molar-refractivity contribution in [1.82, 2.24) is 5.32 Å². The predicted octanol–water partition coefficient (Wildman–Crippen LogP) is 2.74. The molecule has 0 aromatic heterocycles. The Kier molecular flexibility index (Phi) is 6.45. The second-order valence-corrected chi connectivity index (χ2v) is 6.70. The van der Waals surface area contributed by atoms with Crippen molar-refractivity contribution in [3.05, 3.63) is 35.4 Å². The SMILES string of the molecule is Cc1ccc(C2OCCCC2C(=O)NCC(N)C2CC2)cc1.Cl. The van der Waals surface area contributed by atoms with Crippen LogP contribution in [-0.4, -0.2) is 25.1 Å². The molecule has 1 aromatic carbocycles. The summed E-state index contributed by atoms with van der Waals surface area (Å²) in [5.74, 6) is 0.583. The van der Waals surface area contributed by atoms with Gasteiger partial charge in [0.05, 0.1) is 12.0 Å². The fraction of sp³-hybridized carbons (Fsp3) is 0.611. The van der Waals surface area contributed by atoms with Gasteiger partial charge in [-0.3, -0.25) is 4.79 Å². The van der Waals surface area contributed by atoms with Gasteiger partial charge < -0.3 is 15.8 Å². The van der Waals surface area contributed by atoms with Crippen LogP contribution in [0.4, 0.5) is 0 Å². The number of hydrogen-bond acceptors (Lipinski definition) is 3. The van der Waals surface area contributed by atoms with Gasteiger partial charge in [0, 0.05) is 19.2 Å². The molecule has 4 nitrogen and oxygen atoms in total. The van der Waals surface area contributed by atoms with Crippen LogP contribution in [0.15, 0.2) is 24.3 Å². The molecule has 1 aromatic rings. The molecule has 128 valence electrons. The first-order valence-corrected chi connectivity index (χ1v) is 8.36. The van der Waals surface area contributed by atoms with E-state index in [9.17, 15) is 4.79 Å². The first-order chi connectivity index (χ1) is 10.6. The fourth-order valence-corrected chi connectivity index (χ4v) is 3.17. The van der Waals surface area contributed by atoms with Crippen LogP contribution < -0.4 is 11.1 Å². The molecule has 1 saturated carbocycles. The quantitative estimate of drug-likeness (QED) is 0.867. The van der Waals surface area contributed by atoms with Crippen LogP contribution in [0.25, 0.3) is 0 Å². The smallest absolute Gasteiger partial charge is 0.226 e. The van der Waals surface area contributed by atoms with Crippen LogP contribution in [0.1, 0.15) is 42.9 Å². The number of ether oxygens (including phenoxy) is 1. The zero-order valence-corrected chi connectivity index (χ0v) is 14.5. The third-order valence-corrected chi connectivity index (χ3v) is 4.80. The average Bonchev–Trinajstić information content (AvgIpc) is 3.38. The van der Waals surface area contributed by atoms with Crippen LogP contribution in [0.3, 0.4) is 0 Å². The van der Waals surface area contributed by atoms with Gasteiger partial charge in [-0.05, 0) is 44.1 Å². The van der Waals surface area contributed by atoms with Crippen molar-refractivity contribution in [2.45, 2.75) is 44.8 Å². The van der Waals surface area contributed by atoms with Crippen LogP contribution in [0.2, 0.25) is 0 Å². The summed E-state index contributed by atoms with van der Waals surface area (Å²) in [7, 11) is 0. The molecule has 1 heterocycles. The maximum Gasteiger partial charge on any atom is 0.226 e. The molecular weight excluding hydrogens is 312 g/mol. The van der Waals surface area contributed by atoms with Gasteiger partial charge in [0.1, 0.15) is 0 Å². The van der Waals surface area contributed by atoms with E-state index in [1.54, 1.807) is 0 Å². The molecule has 2 aliphatic rings. The first-order valence-electron chi connectivity index (χ1n) is 8.36. The van der Waals surface area contributed by atoms with Gasteiger partial charge in [-0.1, -0.05) is 29.8 Å². The fourth-order valence-electron chi connectivity index (χ4n) is 3.17. The zero-order chi connectivity index (χ0) is 15.5. The van der Waals surface area contributed by atoms with Gasteiger partial charge >= 0.3 is 0 Å². The van der Waals surface area contributed by atoms with Crippen molar-refractivity contribution in [2.24, 2.45) is 17.6 Å². The summed E-state index contributed by atoms with van der Waals surface area (Å²) in [5.41, 5.74) is 8.39. The van der Waals surface area contributed by atoms with Crippen molar-refractivity contribution in [3.8, 4) is 0 Å². The Morgan fingerprint density at radius 3 is 2.65 bits per heavy atom. The van der Waals surface area contributed by atoms with E-state index in [0.29, 0.717) is 12.5 Å². The highest BCUT2D eigenvalue weighted by Gasteiger charge is 2.34. The molecule has 1 saturated heterocycles. The van der Waals surface area contributed by atoms with Gasteiger partial charge in [0.2, 0.25) is 5.91 Å². The lowest BCUT2D eigenvalue weighted by Crippen LogP contribution is -2.43. The minimum Gasteiger partial charge on any atom is -0.373 e. The average molecular weight is 339 g/mol. The summed E-state index contributed by atoms with van der Waals surface area (Å²) >= 11 is 0. The molecule has 3 N–H and O–H groups in total. The van der Waals surface area contributed by atoms with Crippen LogP contribution in [-0.2, 0) is 9.53 Å². The number of amides is 1. The summed E-state index contributed by atoms with van der Waals surface area (Å²) in [6.07, 6.45) is 4.09. The summed E-state index contributed by atoms with van der Waals surface area (Å²) in [5, 5.41) is 3.04. The summed E-state index contributed by atoms with van der Waals surface area (Å²) in [4.78, 5) is 12.5. The number of rotatable bonds is 5. The topological polar surface area (TPSA) is 64.3 Å². The van der Waals surface area contributed by atoms with E-state index in [-0.39, 0.29) is 36.4 Å².